The van der Waals surface area contributed by atoms with E-state index in [0.717, 1.165) is 4.70 Å². The molecule has 2 heterocycles. The molecule has 2 N–H and O–H groups in total. The number of hydrogen-bond acceptors (Lipinski definition) is 6. The van der Waals surface area contributed by atoms with Crippen molar-refractivity contribution in [2.24, 2.45) is 0 Å². The number of anilines is 1. The second kappa shape index (κ2) is 7.65. The number of carbonyl (C=O) groups is 2. The number of nitrogens with zero attached hydrogens (tertiary/aromatic N) is 1. The van der Waals surface area contributed by atoms with Crippen molar-refractivity contribution in [3.8, 4) is 11.5 Å². The Kier molecular flexibility index (Phi) is 5.06. The largest absolute Gasteiger partial charge is 0.486 e. The van der Waals surface area contributed by atoms with E-state index in [1.807, 2.05) is 6.07 Å². The lowest BCUT2D eigenvalue weighted by atomic mass is 10.2. The average Bonchev–Trinajstić information content (AvgIpc) is 3.07. The number of benzene rings is 2. The molecule has 1 aromatic heterocycles. The molecule has 0 radical (unpaired) electrons. The molecule has 0 bridgehead atoms. The van der Waals surface area contributed by atoms with Crippen molar-refractivity contribution >= 4 is 50.1 Å². The highest BCUT2D eigenvalue weighted by Crippen LogP contribution is 2.37. The molecule has 0 aliphatic carbocycles. The number of ether oxygens (including phenoxy) is 2. The molecule has 0 saturated heterocycles. The van der Waals surface area contributed by atoms with Gasteiger partial charge in [0.15, 0.2) is 16.6 Å². The van der Waals surface area contributed by atoms with Crippen LogP contribution >= 0.6 is 22.9 Å². The van der Waals surface area contributed by atoms with E-state index in [1.165, 1.54) is 11.3 Å². The summed E-state index contributed by atoms with van der Waals surface area (Å²) in [7, 11) is 0. The monoisotopic (exact) mass is 417 g/mol. The van der Waals surface area contributed by atoms with Crippen LogP contribution in [0.2, 0.25) is 5.02 Å². The Balaban J connectivity index is 1.43. The number of fused-ring (bicyclic) bond motifs is 2. The molecule has 144 valence electrons. The molecule has 3 aromatic rings. The topological polar surface area (TPSA) is 89.6 Å². The number of thiazole rings is 1. The molecule has 0 fully saturated rings. The smallest absolute Gasteiger partial charge is 0.251 e. The number of hydrogen-bond donors (Lipinski definition) is 2. The summed E-state index contributed by atoms with van der Waals surface area (Å²) in [6.07, 6.45) is 0. The summed E-state index contributed by atoms with van der Waals surface area (Å²) in [6, 6.07) is 9.34. The Morgan fingerprint density at radius 2 is 1.82 bits per heavy atom. The summed E-state index contributed by atoms with van der Waals surface area (Å²) >= 11 is 7.15. The number of rotatable bonds is 4. The van der Waals surface area contributed by atoms with E-state index in [1.54, 1.807) is 37.3 Å². The minimum Gasteiger partial charge on any atom is -0.486 e. The number of carbonyl (C=O) groups excluding carboxylic acids is 2. The van der Waals surface area contributed by atoms with Crippen molar-refractivity contribution in [1.82, 2.24) is 10.3 Å². The fourth-order valence-corrected chi connectivity index (χ4v) is 3.68. The lowest BCUT2D eigenvalue weighted by Crippen LogP contribution is -2.41. The SMILES string of the molecule is C[C@@H](NC(=O)c1ccc(Cl)cc1)C(=O)Nc1nc2cc3c(cc2s1)OCCO3. The van der Waals surface area contributed by atoms with E-state index < -0.39 is 6.04 Å². The molecule has 0 spiro atoms. The maximum Gasteiger partial charge on any atom is 0.251 e. The van der Waals surface area contributed by atoms with Crippen LogP contribution in [0.3, 0.4) is 0 Å². The van der Waals surface area contributed by atoms with Crippen molar-refractivity contribution in [1.29, 1.82) is 0 Å². The van der Waals surface area contributed by atoms with Gasteiger partial charge in [0.05, 0.1) is 10.2 Å². The fraction of sp³-hybridized carbons (Fsp3) is 0.211. The van der Waals surface area contributed by atoms with Crippen LogP contribution in [0.5, 0.6) is 11.5 Å². The summed E-state index contributed by atoms with van der Waals surface area (Å²) in [5.74, 6) is 0.596. The third kappa shape index (κ3) is 3.88. The van der Waals surface area contributed by atoms with Gasteiger partial charge in [-0.25, -0.2) is 4.98 Å². The Hall–Kier alpha value is -2.84. The standard InChI is InChI=1S/C19H16ClN3O4S/c1-10(21-18(25)11-2-4-12(20)5-3-11)17(24)23-19-22-13-8-14-15(9-16(13)28-19)27-7-6-26-14/h2-5,8-10H,6-7H2,1H3,(H,21,25)(H,22,23,24)/t10-/m1/s1. The first-order valence-electron chi connectivity index (χ1n) is 8.57. The van der Waals surface area contributed by atoms with E-state index >= 15 is 0 Å². The molecule has 28 heavy (non-hydrogen) atoms. The maximum absolute atomic E-state index is 12.4. The predicted octanol–water partition coefficient (Wildman–Crippen LogP) is 3.48. The molecule has 4 rings (SSSR count). The minimum atomic E-state index is -0.741. The van der Waals surface area contributed by atoms with Gasteiger partial charge >= 0.3 is 0 Å². The first kappa shape index (κ1) is 18.5. The van der Waals surface area contributed by atoms with Crippen molar-refractivity contribution < 1.29 is 19.1 Å². The van der Waals surface area contributed by atoms with Crippen molar-refractivity contribution in [2.75, 3.05) is 18.5 Å². The van der Waals surface area contributed by atoms with E-state index in [0.29, 0.717) is 45.9 Å². The highest BCUT2D eigenvalue weighted by Gasteiger charge is 2.20. The summed E-state index contributed by atoms with van der Waals surface area (Å²) in [4.78, 5) is 29.1. The van der Waals surface area contributed by atoms with Crippen molar-refractivity contribution in [3.63, 3.8) is 0 Å². The molecule has 0 saturated carbocycles. The highest BCUT2D eigenvalue weighted by atomic mass is 35.5. The summed E-state index contributed by atoms with van der Waals surface area (Å²) in [5, 5.41) is 6.37. The van der Waals surface area contributed by atoms with Gasteiger partial charge in [-0.05, 0) is 31.2 Å². The summed E-state index contributed by atoms with van der Waals surface area (Å²) in [6.45, 7) is 2.61. The van der Waals surface area contributed by atoms with Crippen LogP contribution in [0.25, 0.3) is 10.2 Å². The van der Waals surface area contributed by atoms with Gasteiger partial charge < -0.3 is 20.1 Å². The lowest BCUT2D eigenvalue weighted by Gasteiger charge is -2.17. The van der Waals surface area contributed by atoms with E-state index in [9.17, 15) is 9.59 Å². The molecule has 1 aliphatic heterocycles. The zero-order valence-electron chi connectivity index (χ0n) is 14.8. The molecule has 0 unspecified atom stereocenters. The van der Waals surface area contributed by atoms with Crippen LogP contribution in [0.1, 0.15) is 17.3 Å². The van der Waals surface area contributed by atoms with Gasteiger partial charge in [-0.15, -0.1) is 0 Å². The second-order valence-electron chi connectivity index (χ2n) is 6.17. The Morgan fingerprint density at radius 3 is 2.54 bits per heavy atom. The normalized spacial score (nSPS) is 13.8. The van der Waals surface area contributed by atoms with Gasteiger partial charge in [-0.1, -0.05) is 22.9 Å². The first-order valence-corrected chi connectivity index (χ1v) is 9.76. The molecule has 2 amide bonds. The van der Waals surface area contributed by atoms with Crippen LogP contribution in [0, 0.1) is 0 Å². The van der Waals surface area contributed by atoms with Crippen LogP contribution in [-0.2, 0) is 4.79 Å². The quantitative estimate of drug-likeness (QED) is 0.678. The number of amides is 2. The lowest BCUT2D eigenvalue weighted by molar-refractivity contribution is -0.117. The third-order valence-corrected chi connectivity index (χ3v) is 5.32. The molecular formula is C19H16ClN3O4S. The Bertz CT molecular complexity index is 1010. The van der Waals surface area contributed by atoms with E-state index in [2.05, 4.69) is 15.6 Å². The highest BCUT2D eigenvalue weighted by molar-refractivity contribution is 7.22. The Labute approximate surface area is 169 Å². The number of aromatic nitrogens is 1. The Morgan fingerprint density at radius 1 is 1.14 bits per heavy atom. The van der Waals surface area contributed by atoms with Gasteiger partial charge in [0.1, 0.15) is 19.3 Å². The first-order chi connectivity index (χ1) is 13.5. The molecular weight excluding hydrogens is 402 g/mol. The van der Waals surface area contributed by atoms with Crippen LogP contribution in [0.4, 0.5) is 5.13 Å². The summed E-state index contributed by atoms with van der Waals surface area (Å²) < 4.78 is 12.0. The average molecular weight is 418 g/mol. The molecule has 1 atom stereocenters. The van der Waals surface area contributed by atoms with E-state index in [4.69, 9.17) is 21.1 Å². The molecule has 7 nitrogen and oxygen atoms in total. The van der Waals surface area contributed by atoms with Crippen LogP contribution in [0.15, 0.2) is 36.4 Å². The van der Waals surface area contributed by atoms with Gasteiger partial charge in [0.2, 0.25) is 5.91 Å². The summed E-state index contributed by atoms with van der Waals surface area (Å²) in [5.41, 5.74) is 1.14. The predicted molar refractivity (Wildman–Crippen MR) is 108 cm³/mol. The second-order valence-corrected chi connectivity index (χ2v) is 7.64. The third-order valence-electron chi connectivity index (χ3n) is 4.13. The number of nitrogens with one attached hydrogen (secondary N) is 2. The van der Waals surface area contributed by atoms with Gasteiger partial charge in [-0.3, -0.25) is 9.59 Å². The zero-order chi connectivity index (χ0) is 19.7. The maximum atomic E-state index is 12.4. The van der Waals surface area contributed by atoms with Crippen LogP contribution < -0.4 is 20.1 Å². The molecule has 1 aliphatic rings. The molecule has 2 aromatic carbocycles. The van der Waals surface area contributed by atoms with Gasteiger partial charge in [0, 0.05) is 22.7 Å². The van der Waals surface area contributed by atoms with Crippen molar-refractivity contribution in [3.05, 3.63) is 47.0 Å². The fourth-order valence-electron chi connectivity index (χ4n) is 2.68. The van der Waals surface area contributed by atoms with Gasteiger partial charge in [-0.2, -0.15) is 0 Å². The minimum absolute atomic E-state index is 0.356. The molecule has 9 heteroatoms. The van der Waals surface area contributed by atoms with Gasteiger partial charge in [0.25, 0.3) is 5.91 Å². The van der Waals surface area contributed by atoms with Crippen molar-refractivity contribution in [2.45, 2.75) is 13.0 Å². The van der Waals surface area contributed by atoms with Crippen LogP contribution in [-0.4, -0.2) is 36.1 Å². The van der Waals surface area contributed by atoms with E-state index in [-0.39, 0.29) is 11.8 Å². The number of halogens is 1. The zero-order valence-corrected chi connectivity index (χ0v) is 16.4.